The first-order chi connectivity index (χ1) is 15.5. The summed E-state index contributed by atoms with van der Waals surface area (Å²) in [6.45, 7) is 12.0. The maximum Gasteiger partial charge on any atom is 0.213 e. The van der Waals surface area contributed by atoms with Crippen LogP contribution < -0.4 is 20.3 Å². The molecule has 2 aromatic heterocycles. The lowest BCUT2D eigenvalue weighted by atomic mass is 10.1. The summed E-state index contributed by atoms with van der Waals surface area (Å²) in [5.41, 5.74) is 1.09. The number of aliphatic imine (C=N–C) groups is 1. The SMILES string of the molecule is CCNC(=NCc1ccnc(OC(C)CC(C)C)c1)NC1CCN(c2ccccn2)CC1. The number of rotatable bonds is 9. The molecule has 1 aliphatic rings. The number of guanidine groups is 1. The predicted molar refractivity (Wildman–Crippen MR) is 131 cm³/mol. The fourth-order valence-corrected chi connectivity index (χ4v) is 4.01. The molecule has 0 aliphatic carbocycles. The van der Waals surface area contributed by atoms with Crippen molar-refractivity contribution in [2.24, 2.45) is 10.9 Å². The lowest BCUT2D eigenvalue weighted by molar-refractivity contribution is 0.185. The molecule has 1 saturated heterocycles. The number of hydrogen-bond acceptors (Lipinski definition) is 5. The molecular weight excluding hydrogens is 400 g/mol. The Morgan fingerprint density at radius 3 is 2.66 bits per heavy atom. The topological polar surface area (TPSA) is 74.7 Å². The normalized spacial score (nSPS) is 16.2. The molecule has 1 unspecified atom stereocenters. The molecule has 2 aromatic rings. The number of anilines is 1. The van der Waals surface area contributed by atoms with Gasteiger partial charge >= 0.3 is 0 Å². The first kappa shape index (κ1) is 23.8. The predicted octanol–water partition coefficient (Wildman–Crippen LogP) is 4.01. The van der Waals surface area contributed by atoms with E-state index in [-0.39, 0.29) is 6.10 Å². The van der Waals surface area contributed by atoms with Crippen LogP contribution in [0.1, 0.15) is 52.5 Å². The average Bonchev–Trinajstić information content (AvgIpc) is 2.78. The summed E-state index contributed by atoms with van der Waals surface area (Å²) in [6, 6.07) is 10.5. The molecule has 1 aliphatic heterocycles. The highest BCUT2D eigenvalue weighted by Crippen LogP contribution is 2.18. The van der Waals surface area contributed by atoms with Crippen LogP contribution in [0.5, 0.6) is 5.88 Å². The fraction of sp³-hybridized carbons (Fsp3) is 0.560. The summed E-state index contributed by atoms with van der Waals surface area (Å²) >= 11 is 0. The van der Waals surface area contributed by atoms with E-state index in [4.69, 9.17) is 9.73 Å². The Labute approximate surface area is 192 Å². The van der Waals surface area contributed by atoms with Crippen molar-refractivity contribution in [2.45, 2.75) is 65.6 Å². The molecule has 7 nitrogen and oxygen atoms in total. The first-order valence-electron chi connectivity index (χ1n) is 11.9. The molecular formula is C25H38N6O. The lowest BCUT2D eigenvalue weighted by Gasteiger charge is -2.33. The third-order valence-corrected chi connectivity index (χ3v) is 5.50. The number of hydrogen-bond donors (Lipinski definition) is 2. The van der Waals surface area contributed by atoms with Crippen LogP contribution in [0.3, 0.4) is 0 Å². The van der Waals surface area contributed by atoms with E-state index in [1.165, 1.54) is 0 Å². The Balaban J connectivity index is 1.53. The van der Waals surface area contributed by atoms with Crippen LogP contribution in [0.2, 0.25) is 0 Å². The summed E-state index contributed by atoms with van der Waals surface area (Å²) in [6.07, 6.45) is 6.94. The number of nitrogens with zero attached hydrogens (tertiary/aromatic N) is 4. The van der Waals surface area contributed by atoms with Crippen LogP contribution in [0, 0.1) is 5.92 Å². The van der Waals surface area contributed by atoms with Crippen molar-refractivity contribution >= 4 is 11.8 Å². The molecule has 0 aromatic carbocycles. The molecule has 0 bridgehead atoms. The van der Waals surface area contributed by atoms with Gasteiger partial charge in [-0.05, 0) is 62.8 Å². The van der Waals surface area contributed by atoms with E-state index in [1.807, 2.05) is 30.5 Å². The van der Waals surface area contributed by atoms with Crippen molar-refractivity contribution in [3.63, 3.8) is 0 Å². The van der Waals surface area contributed by atoms with Gasteiger partial charge in [-0.25, -0.2) is 15.0 Å². The maximum atomic E-state index is 5.99. The minimum absolute atomic E-state index is 0.150. The average molecular weight is 439 g/mol. The Morgan fingerprint density at radius 1 is 1.16 bits per heavy atom. The minimum atomic E-state index is 0.150. The van der Waals surface area contributed by atoms with E-state index in [2.05, 4.69) is 59.3 Å². The molecule has 7 heteroatoms. The van der Waals surface area contributed by atoms with E-state index in [0.29, 0.717) is 24.4 Å². The minimum Gasteiger partial charge on any atom is -0.475 e. The van der Waals surface area contributed by atoms with Crippen molar-refractivity contribution in [1.29, 1.82) is 0 Å². The summed E-state index contributed by atoms with van der Waals surface area (Å²) in [4.78, 5) is 16.0. The Kier molecular flexibility index (Phi) is 9.13. The number of nitrogens with one attached hydrogen (secondary N) is 2. The molecule has 0 spiro atoms. The summed E-state index contributed by atoms with van der Waals surface area (Å²) in [5, 5.41) is 6.99. The summed E-state index contributed by atoms with van der Waals surface area (Å²) in [7, 11) is 0. The van der Waals surface area contributed by atoms with Gasteiger partial charge in [0.25, 0.3) is 0 Å². The number of aromatic nitrogens is 2. The van der Waals surface area contributed by atoms with Crippen LogP contribution in [0.15, 0.2) is 47.7 Å². The van der Waals surface area contributed by atoms with Gasteiger partial charge in [-0.2, -0.15) is 0 Å². The second kappa shape index (κ2) is 12.3. The van der Waals surface area contributed by atoms with Crippen molar-refractivity contribution < 1.29 is 4.74 Å². The number of pyridine rings is 2. The highest BCUT2D eigenvalue weighted by molar-refractivity contribution is 5.80. The monoisotopic (exact) mass is 438 g/mol. The molecule has 1 fully saturated rings. The van der Waals surface area contributed by atoms with Gasteiger partial charge in [0, 0.05) is 44.1 Å². The van der Waals surface area contributed by atoms with Gasteiger partial charge in [0.1, 0.15) is 5.82 Å². The van der Waals surface area contributed by atoms with Gasteiger partial charge in [0.15, 0.2) is 5.96 Å². The van der Waals surface area contributed by atoms with Gasteiger partial charge in [-0.1, -0.05) is 19.9 Å². The van der Waals surface area contributed by atoms with Gasteiger partial charge in [0.05, 0.1) is 12.6 Å². The smallest absolute Gasteiger partial charge is 0.213 e. The van der Waals surface area contributed by atoms with Gasteiger partial charge in [-0.15, -0.1) is 0 Å². The Morgan fingerprint density at radius 2 is 1.97 bits per heavy atom. The van der Waals surface area contributed by atoms with Crippen LogP contribution in [-0.4, -0.2) is 47.7 Å². The van der Waals surface area contributed by atoms with Crippen LogP contribution in [-0.2, 0) is 6.54 Å². The van der Waals surface area contributed by atoms with E-state index >= 15 is 0 Å². The summed E-state index contributed by atoms with van der Waals surface area (Å²) in [5.74, 6) is 3.19. The van der Waals surface area contributed by atoms with Crippen LogP contribution in [0.25, 0.3) is 0 Å². The molecule has 32 heavy (non-hydrogen) atoms. The zero-order chi connectivity index (χ0) is 22.8. The highest BCUT2D eigenvalue weighted by atomic mass is 16.5. The molecule has 0 radical (unpaired) electrons. The van der Waals surface area contributed by atoms with E-state index in [1.54, 1.807) is 6.20 Å². The van der Waals surface area contributed by atoms with Crippen LogP contribution in [0.4, 0.5) is 5.82 Å². The van der Waals surface area contributed by atoms with Gasteiger partial charge in [0.2, 0.25) is 5.88 Å². The van der Waals surface area contributed by atoms with Gasteiger partial charge < -0.3 is 20.3 Å². The molecule has 174 valence electrons. The van der Waals surface area contributed by atoms with Crippen molar-refractivity contribution in [2.75, 3.05) is 24.5 Å². The summed E-state index contributed by atoms with van der Waals surface area (Å²) < 4.78 is 5.99. The molecule has 3 heterocycles. The molecule has 1 atom stereocenters. The fourth-order valence-electron chi connectivity index (χ4n) is 4.01. The van der Waals surface area contributed by atoms with E-state index in [0.717, 1.165) is 56.2 Å². The van der Waals surface area contributed by atoms with E-state index in [9.17, 15) is 0 Å². The molecule has 0 saturated carbocycles. The second-order valence-corrected chi connectivity index (χ2v) is 8.85. The first-order valence-corrected chi connectivity index (χ1v) is 11.9. The largest absolute Gasteiger partial charge is 0.475 e. The third-order valence-electron chi connectivity index (χ3n) is 5.50. The standard InChI is InChI=1S/C25H38N6O/c1-5-26-25(30-22-10-14-31(15-11-22)23-8-6-7-12-27-23)29-18-21-9-13-28-24(17-21)32-20(4)16-19(2)3/h6-9,12-13,17,19-20,22H,5,10-11,14-16,18H2,1-4H3,(H2,26,29,30). The van der Waals surface area contributed by atoms with Crippen molar-refractivity contribution in [3.8, 4) is 5.88 Å². The molecule has 3 rings (SSSR count). The number of ether oxygens (including phenoxy) is 1. The van der Waals surface area contributed by atoms with E-state index < -0.39 is 0 Å². The zero-order valence-corrected chi connectivity index (χ0v) is 19.9. The van der Waals surface area contributed by atoms with Gasteiger partial charge in [-0.3, -0.25) is 0 Å². The zero-order valence-electron chi connectivity index (χ0n) is 19.9. The highest BCUT2D eigenvalue weighted by Gasteiger charge is 2.20. The molecule has 0 amide bonds. The number of piperidine rings is 1. The van der Waals surface area contributed by atoms with Crippen molar-refractivity contribution in [3.05, 3.63) is 48.3 Å². The van der Waals surface area contributed by atoms with Crippen LogP contribution >= 0.6 is 0 Å². The third kappa shape index (κ3) is 7.70. The Hall–Kier alpha value is -2.83. The Bertz CT molecular complexity index is 833. The quantitative estimate of drug-likeness (QED) is 0.455. The van der Waals surface area contributed by atoms with Crippen molar-refractivity contribution in [1.82, 2.24) is 20.6 Å². The second-order valence-electron chi connectivity index (χ2n) is 8.85. The lowest BCUT2D eigenvalue weighted by Crippen LogP contribution is -2.48. The maximum absolute atomic E-state index is 5.99. The molecule has 2 N–H and O–H groups in total.